The molecule has 0 bridgehead atoms. The number of nitrogens with zero attached hydrogens (tertiary/aromatic N) is 1. The van der Waals surface area contributed by atoms with Crippen LogP contribution in [0.25, 0.3) is 0 Å². The van der Waals surface area contributed by atoms with Crippen molar-refractivity contribution in [2.75, 3.05) is 13.1 Å². The number of rotatable bonds is 1. The minimum absolute atomic E-state index is 0.0625. The summed E-state index contributed by atoms with van der Waals surface area (Å²) in [5.74, 6) is -1.83. The van der Waals surface area contributed by atoms with Crippen LogP contribution in [0, 0.1) is 5.92 Å². The van der Waals surface area contributed by atoms with Crippen LogP contribution in [0.2, 0.25) is 0 Å². The maximum absolute atomic E-state index is 12.4. The van der Waals surface area contributed by atoms with Gasteiger partial charge in [0.1, 0.15) is 5.60 Å². The molecule has 0 aromatic carbocycles. The summed E-state index contributed by atoms with van der Waals surface area (Å²) in [6, 6.07) is 0. The topological polar surface area (TPSA) is 40.5 Å². The third kappa shape index (κ3) is 3.10. The number of hydrogen-bond acceptors (Lipinski definition) is 2. The van der Waals surface area contributed by atoms with Gasteiger partial charge in [-0.25, -0.2) is 0 Å². The zero-order valence-electron chi connectivity index (χ0n) is 9.34. The Bertz CT molecular complexity index is 262. The van der Waals surface area contributed by atoms with E-state index in [1.807, 2.05) is 0 Å². The molecule has 1 saturated heterocycles. The Balaban J connectivity index is 2.53. The first-order chi connectivity index (χ1) is 7.12. The second-order valence-electron chi connectivity index (χ2n) is 4.67. The molecule has 16 heavy (non-hydrogen) atoms. The predicted molar refractivity (Wildman–Crippen MR) is 51.7 cm³/mol. The van der Waals surface area contributed by atoms with Crippen molar-refractivity contribution in [1.29, 1.82) is 0 Å². The van der Waals surface area contributed by atoms with Crippen LogP contribution in [0.15, 0.2) is 0 Å². The molecule has 1 aliphatic rings. The van der Waals surface area contributed by atoms with E-state index in [4.69, 9.17) is 0 Å². The summed E-state index contributed by atoms with van der Waals surface area (Å²) < 4.78 is 37.1. The van der Waals surface area contributed by atoms with Crippen molar-refractivity contribution in [2.24, 2.45) is 5.92 Å². The molecule has 1 aliphatic heterocycles. The monoisotopic (exact) mass is 239 g/mol. The Morgan fingerprint density at radius 3 is 2.00 bits per heavy atom. The van der Waals surface area contributed by atoms with E-state index >= 15 is 0 Å². The summed E-state index contributed by atoms with van der Waals surface area (Å²) in [4.78, 5) is 12.9. The van der Waals surface area contributed by atoms with Gasteiger partial charge >= 0.3 is 6.18 Å². The Kier molecular flexibility index (Phi) is 3.52. The maximum Gasteiger partial charge on any atom is 0.391 e. The summed E-state index contributed by atoms with van der Waals surface area (Å²) >= 11 is 0. The highest BCUT2D eigenvalue weighted by Crippen LogP contribution is 2.34. The van der Waals surface area contributed by atoms with Crippen LogP contribution in [-0.4, -0.2) is 40.8 Å². The fourth-order valence-corrected chi connectivity index (χ4v) is 1.80. The average molecular weight is 239 g/mol. The van der Waals surface area contributed by atoms with E-state index < -0.39 is 23.6 Å². The average Bonchev–Trinajstić information content (AvgIpc) is 2.14. The first-order valence-corrected chi connectivity index (χ1v) is 5.21. The van der Waals surface area contributed by atoms with Gasteiger partial charge in [-0.1, -0.05) is 0 Å². The lowest BCUT2D eigenvalue weighted by molar-refractivity contribution is -0.188. The molecule has 6 heteroatoms. The first-order valence-electron chi connectivity index (χ1n) is 5.21. The zero-order chi connectivity index (χ0) is 12.6. The molecule has 0 saturated carbocycles. The Hall–Kier alpha value is -0.780. The second-order valence-corrected chi connectivity index (χ2v) is 4.67. The van der Waals surface area contributed by atoms with Gasteiger partial charge in [0.15, 0.2) is 0 Å². The molecule has 0 radical (unpaired) electrons. The summed E-state index contributed by atoms with van der Waals surface area (Å²) in [5, 5.41) is 9.45. The van der Waals surface area contributed by atoms with Crippen LogP contribution in [0.5, 0.6) is 0 Å². The number of halogens is 3. The lowest BCUT2D eigenvalue weighted by atomic mass is 9.95. The quantitative estimate of drug-likeness (QED) is 0.754. The molecule has 1 N–H and O–H groups in total. The number of hydrogen-bond donors (Lipinski definition) is 1. The lowest BCUT2D eigenvalue weighted by Crippen LogP contribution is -2.49. The van der Waals surface area contributed by atoms with Crippen LogP contribution in [0.1, 0.15) is 26.7 Å². The van der Waals surface area contributed by atoms with Gasteiger partial charge in [0.05, 0.1) is 5.92 Å². The highest BCUT2D eigenvalue weighted by Gasteiger charge is 2.42. The van der Waals surface area contributed by atoms with Crippen molar-refractivity contribution in [3.05, 3.63) is 0 Å². The number of aliphatic hydroxyl groups is 1. The van der Waals surface area contributed by atoms with E-state index in [2.05, 4.69) is 0 Å². The predicted octanol–water partition coefficient (Wildman–Crippen LogP) is 1.56. The number of amides is 1. The van der Waals surface area contributed by atoms with Gasteiger partial charge in [-0.2, -0.15) is 13.2 Å². The maximum atomic E-state index is 12.4. The van der Waals surface area contributed by atoms with E-state index in [0.29, 0.717) is 0 Å². The van der Waals surface area contributed by atoms with Gasteiger partial charge in [-0.05, 0) is 26.7 Å². The molecule has 1 rings (SSSR count). The fraction of sp³-hybridized carbons (Fsp3) is 0.900. The SMILES string of the molecule is CC(C)(O)C(=O)N1CCC(C(F)(F)F)CC1. The summed E-state index contributed by atoms with van der Waals surface area (Å²) in [6.45, 7) is 2.80. The molecule has 0 spiro atoms. The van der Waals surface area contributed by atoms with Crippen molar-refractivity contribution in [3.63, 3.8) is 0 Å². The van der Waals surface area contributed by atoms with Crippen LogP contribution in [-0.2, 0) is 4.79 Å². The highest BCUT2D eigenvalue weighted by molar-refractivity contribution is 5.84. The number of carbonyl (C=O) groups excluding carboxylic acids is 1. The smallest absolute Gasteiger partial charge is 0.381 e. The number of carbonyl (C=O) groups is 1. The third-order valence-electron chi connectivity index (χ3n) is 2.77. The zero-order valence-corrected chi connectivity index (χ0v) is 9.34. The number of alkyl halides is 3. The van der Waals surface area contributed by atoms with Crippen molar-refractivity contribution >= 4 is 5.91 Å². The van der Waals surface area contributed by atoms with Crippen LogP contribution >= 0.6 is 0 Å². The normalized spacial score (nSPS) is 20.0. The van der Waals surface area contributed by atoms with Gasteiger partial charge in [-0.15, -0.1) is 0 Å². The van der Waals surface area contributed by atoms with Gasteiger partial charge in [0.2, 0.25) is 0 Å². The van der Waals surface area contributed by atoms with Gasteiger partial charge in [0.25, 0.3) is 5.91 Å². The van der Waals surface area contributed by atoms with E-state index in [1.165, 1.54) is 18.7 Å². The molecular formula is C10H16F3NO2. The molecular weight excluding hydrogens is 223 g/mol. The highest BCUT2D eigenvalue weighted by atomic mass is 19.4. The summed E-state index contributed by atoms with van der Waals surface area (Å²) in [5.41, 5.74) is -1.51. The van der Waals surface area contributed by atoms with E-state index in [0.717, 1.165) is 0 Å². The Morgan fingerprint density at radius 2 is 1.69 bits per heavy atom. The molecule has 3 nitrogen and oxygen atoms in total. The minimum atomic E-state index is -4.18. The minimum Gasteiger partial charge on any atom is -0.381 e. The van der Waals surface area contributed by atoms with Gasteiger partial charge in [-0.3, -0.25) is 4.79 Å². The largest absolute Gasteiger partial charge is 0.391 e. The molecule has 0 unspecified atom stereocenters. The Morgan fingerprint density at radius 1 is 1.25 bits per heavy atom. The molecule has 0 aliphatic carbocycles. The first kappa shape index (κ1) is 13.3. The van der Waals surface area contributed by atoms with Crippen LogP contribution in [0.3, 0.4) is 0 Å². The summed E-state index contributed by atoms with van der Waals surface area (Å²) in [7, 11) is 0. The number of piperidine rings is 1. The van der Waals surface area contributed by atoms with Crippen molar-refractivity contribution in [1.82, 2.24) is 4.90 Å². The van der Waals surface area contributed by atoms with Crippen molar-refractivity contribution in [2.45, 2.75) is 38.5 Å². The molecule has 94 valence electrons. The summed E-state index contributed by atoms with van der Waals surface area (Å²) in [6.07, 6.45) is -4.33. The van der Waals surface area contributed by atoms with E-state index in [9.17, 15) is 23.1 Å². The van der Waals surface area contributed by atoms with Gasteiger partial charge < -0.3 is 10.0 Å². The molecule has 1 fully saturated rings. The molecule has 1 heterocycles. The van der Waals surface area contributed by atoms with Crippen molar-refractivity contribution in [3.8, 4) is 0 Å². The van der Waals surface area contributed by atoms with Gasteiger partial charge in [0, 0.05) is 13.1 Å². The second kappa shape index (κ2) is 4.24. The lowest BCUT2D eigenvalue weighted by Gasteiger charge is -2.35. The molecule has 0 aromatic heterocycles. The molecule has 1 amide bonds. The van der Waals surface area contributed by atoms with Crippen LogP contribution < -0.4 is 0 Å². The molecule has 0 aromatic rings. The van der Waals surface area contributed by atoms with E-state index in [1.54, 1.807) is 0 Å². The van der Waals surface area contributed by atoms with Crippen LogP contribution in [0.4, 0.5) is 13.2 Å². The van der Waals surface area contributed by atoms with Crippen molar-refractivity contribution < 1.29 is 23.1 Å². The standard InChI is InChI=1S/C10H16F3NO2/c1-9(2,16)8(15)14-5-3-7(4-6-14)10(11,12)13/h7,16H,3-6H2,1-2H3. The Labute approximate surface area is 92.2 Å². The van der Waals surface area contributed by atoms with E-state index in [-0.39, 0.29) is 25.9 Å². The number of likely N-dealkylation sites (tertiary alicyclic amines) is 1. The fourth-order valence-electron chi connectivity index (χ4n) is 1.80. The molecule has 0 atom stereocenters. The third-order valence-corrected chi connectivity index (χ3v) is 2.77.